The lowest BCUT2D eigenvalue weighted by molar-refractivity contribution is -0.116. The highest BCUT2D eigenvalue weighted by Crippen LogP contribution is 2.41. The summed E-state index contributed by atoms with van der Waals surface area (Å²) in [5, 5.41) is 7.47. The van der Waals surface area contributed by atoms with Gasteiger partial charge in [0.25, 0.3) is 0 Å². The number of amides is 1. The van der Waals surface area contributed by atoms with Gasteiger partial charge in [-0.15, -0.1) is 0 Å². The maximum atomic E-state index is 13.5. The van der Waals surface area contributed by atoms with Crippen molar-refractivity contribution in [1.29, 1.82) is 0 Å². The number of carbonyl (C=O) groups excluding carboxylic acids is 1. The Labute approximate surface area is 153 Å². The molecule has 0 saturated heterocycles. The van der Waals surface area contributed by atoms with E-state index in [0.29, 0.717) is 28.4 Å². The Kier molecular flexibility index (Phi) is 3.33. The van der Waals surface area contributed by atoms with E-state index in [2.05, 4.69) is 25.4 Å². The SMILES string of the molecule is Cn1nc(-c2ccccn2)c2c1NC(=O)CC2c1nc2ccc(F)cc2[nH]1. The molecule has 1 amide bonds. The van der Waals surface area contributed by atoms with Crippen LogP contribution >= 0.6 is 0 Å². The van der Waals surface area contributed by atoms with Crippen LogP contribution in [0.25, 0.3) is 22.4 Å². The minimum atomic E-state index is -0.338. The topological polar surface area (TPSA) is 88.5 Å². The van der Waals surface area contributed by atoms with Crippen molar-refractivity contribution in [1.82, 2.24) is 24.7 Å². The third kappa shape index (κ3) is 2.49. The van der Waals surface area contributed by atoms with Gasteiger partial charge >= 0.3 is 0 Å². The number of hydrogen-bond donors (Lipinski definition) is 2. The van der Waals surface area contributed by atoms with Gasteiger partial charge in [-0.1, -0.05) is 6.07 Å². The van der Waals surface area contributed by atoms with Crippen LogP contribution in [0, 0.1) is 5.82 Å². The van der Waals surface area contributed by atoms with Crippen molar-refractivity contribution in [2.45, 2.75) is 12.3 Å². The molecule has 0 aliphatic carbocycles. The molecule has 3 aromatic heterocycles. The number of halogens is 1. The summed E-state index contributed by atoms with van der Waals surface area (Å²) in [7, 11) is 1.78. The number of benzene rings is 1. The molecule has 4 aromatic rings. The first-order valence-electron chi connectivity index (χ1n) is 8.53. The summed E-state index contributed by atoms with van der Waals surface area (Å²) in [5.41, 5.74) is 3.53. The number of aromatic amines is 1. The van der Waals surface area contributed by atoms with Crippen LogP contribution < -0.4 is 5.32 Å². The Morgan fingerprint density at radius 2 is 2.15 bits per heavy atom. The van der Waals surface area contributed by atoms with E-state index in [4.69, 9.17) is 0 Å². The number of nitrogens with one attached hydrogen (secondary N) is 2. The number of aromatic nitrogens is 5. The molecule has 0 bridgehead atoms. The summed E-state index contributed by atoms with van der Waals surface area (Å²) in [5.74, 6) is 0.459. The molecular weight excluding hydrogens is 347 g/mol. The number of carbonyl (C=O) groups is 1. The first-order chi connectivity index (χ1) is 13.1. The Morgan fingerprint density at radius 1 is 1.26 bits per heavy atom. The normalized spacial score (nSPS) is 16.4. The number of H-pyrrole nitrogens is 1. The molecule has 0 radical (unpaired) electrons. The van der Waals surface area contributed by atoms with Crippen molar-refractivity contribution in [3.05, 3.63) is 59.8 Å². The molecule has 0 spiro atoms. The van der Waals surface area contributed by atoms with Gasteiger partial charge in [0.15, 0.2) is 0 Å². The number of aryl methyl sites for hydroxylation is 1. The van der Waals surface area contributed by atoms with Crippen molar-refractivity contribution in [3.8, 4) is 11.4 Å². The van der Waals surface area contributed by atoms with Crippen LogP contribution in [0.1, 0.15) is 23.7 Å². The highest BCUT2D eigenvalue weighted by atomic mass is 19.1. The predicted molar refractivity (Wildman–Crippen MR) is 97.6 cm³/mol. The van der Waals surface area contributed by atoms with Crippen LogP contribution in [0.4, 0.5) is 10.2 Å². The Bertz CT molecular complexity index is 1180. The molecule has 8 heteroatoms. The van der Waals surface area contributed by atoms with E-state index in [-0.39, 0.29) is 24.1 Å². The van der Waals surface area contributed by atoms with Crippen LogP contribution in [0.3, 0.4) is 0 Å². The monoisotopic (exact) mass is 362 g/mol. The number of hydrogen-bond acceptors (Lipinski definition) is 4. The first kappa shape index (κ1) is 15.7. The van der Waals surface area contributed by atoms with E-state index in [0.717, 1.165) is 11.3 Å². The molecule has 1 aliphatic rings. The second-order valence-corrected chi connectivity index (χ2v) is 6.54. The summed E-state index contributed by atoms with van der Waals surface area (Å²) in [6.45, 7) is 0. The van der Waals surface area contributed by atoms with Crippen LogP contribution in [-0.4, -0.2) is 30.6 Å². The third-order valence-electron chi connectivity index (χ3n) is 4.78. The molecule has 1 unspecified atom stereocenters. The standard InChI is InChI=1S/C19H15FN6O/c1-26-19-16(17(25-26)13-4-2-3-7-21-13)11(9-15(27)24-19)18-22-12-6-5-10(20)8-14(12)23-18/h2-8,11H,9H2,1H3,(H,22,23)(H,24,27). The molecule has 7 nitrogen and oxygen atoms in total. The van der Waals surface area contributed by atoms with Crippen molar-refractivity contribution in [2.75, 3.05) is 5.32 Å². The lowest BCUT2D eigenvalue weighted by Gasteiger charge is -2.22. The summed E-state index contributed by atoms with van der Waals surface area (Å²) < 4.78 is 15.2. The van der Waals surface area contributed by atoms with Gasteiger partial charge in [0.1, 0.15) is 23.2 Å². The summed E-state index contributed by atoms with van der Waals surface area (Å²) in [4.78, 5) is 24.5. The fourth-order valence-corrected chi connectivity index (χ4v) is 3.58. The van der Waals surface area contributed by atoms with Crippen molar-refractivity contribution in [2.24, 2.45) is 7.05 Å². The third-order valence-corrected chi connectivity index (χ3v) is 4.78. The lowest BCUT2D eigenvalue weighted by Crippen LogP contribution is -2.25. The van der Waals surface area contributed by atoms with Crippen LogP contribution in [0.2, 0.25) is 0 Å². The molecular formula is C19H15FN6O. The zero-order valence-electron chi connectivity index (χ0n) is 14.4. The molecule has 1 aliphatic heterocycles. The maximum Gasteiger partial charge on any atom is 0.226 e. The van der Waals surface area contributed by atoms with Crippen LogP contribution in [0.5, 0.6) is 0 Å². The smallest absolute Gasteiger partial charge is 0.226 e. The van der Waals surface area contributed by atoms with Crippen LogP contribution in [-0.2, 0) is 11.8 Å². The number of pyridine rings is 1. The van der Waals surface area contributed by atoms with Gasteiger partial charge in [0.05, 0.1) is 22.6 Å². The molecule has 134 valence electrons. The molecule has 2 N–H and O–H groups in total. The summed E-state index contributed by atoms with van der Waals surface area (Å²) >= 11 is 0. The molecule has 1 atom stereocenters. The molecule has 4 heterocycles. The molecule has 0 fully saturated rings. The average molecular weight is 362 g/mol. The number of imidazole rings is 1. The van der Waals surface area contributed by atoms with Gasteiger partial charge < -0.3 is 10.3 Å². The van der Waals surface area contributed by atoms with Crippen molar-refractivity contribution < 1.29 is 9.18 Å². The summed E-state index contributed by atoms with van der Waals surface area (Å²) in [6.07, 6.45) is 1.93. The van der Waals surface area contributed by atoms with E-state index in [9.17, 15) is 9.18 Å². The second kappa shape index (κ2) is 5.73. The predicted octanol–water partition coefficient (Wildman–Crippen LogP) is 2.97. The lowest BCUT2D eigenvalue weighted by atomic mass is 9.90. The van der Waals surface area contributed by atoms with Gasteiger partial charge in [-0.2, -0.15) is 5.10 Å². The van der Waals surface area contributed by atoms with Gasteiger partial charge in [-0.25, -0.2) is 9.37 Å². The summed E-state index contributed by atoms with van der Waals surface area (Å²) in [6, 6.07) is 10.0. The molecule has 27 heavy (non-hydrogen) atoms. The quantitative estimate of drug-likeness (QED) is 0.574. The number of fused-ring (bicyclic) bond motifs is 2. The van der Waals surface area contributed by atoms with E-state index in [1.54, 1.807) is 24.0 Å². The Balaban J connectivity index is 1.72. The van der Waals surface area contributed by atoms with Crippen molar-refractivity contribution in [3.63, 3.8) is 0 Å². The number of nitrogens with zero attached hydrogens (tertiary/aromatic N) is 4. The molecule has 0 saturated carbocycles. The maximum absolute atomic E-state index is 13.5. The van der Waals surface area contributed by atoms with Crippen LogP contribution in [0.15, 0.2) is 42.6 Å². The van der Waals surface area contributed by atoms with E-state index in [1.807, 2.05) is 18.2 Å². The average Bonchev–Trinajstić information content (AvgIpc) is 3.23. The van der Waals surface area contributed by atoms with Gasteiger partial charge in [-0.05, 0) is 30.3 Å². The van der Waals surface area contributed by atoms with E-state index < -0.39 is 0 Å². The minimum absolute atomic E-state index is 0.116. The first-order valence-corrected chi connectivity index (χ1v) is 8.53. The minimum Gasteiger partial charge on any atom is -0.341 e. The van der Waals surface area contributed by atoms with Gasteiger partial charge in [0.2, 0.25) is 5.91 Å². The molecule has 1 aromatic carbocycles. The highest BCUT2D eigenvalue weighted by molar-refractivity contribution is 5.96. The second-order valence-electron chi connectivity index (χ2n) is 6.54. The Morgan fingerprint density at radius 3 is 2.96 bits per heavy atom. The highest BCUT2D eigenvalue weighted by Gasteiger charge is 2.35. The zero-order valence-corrected chi connectivity index (χ0v) is 14.4. The Hall–Kier alpha value is -3.55. The number of rotatable bonds is 2. The van der Waals surface area contributed by atoms with Gasteiger partial charge in [0, 0.05) is 25.2 Å². The zero-order chi connectivity index (χ0) is 18.5. The number of anilines is 1. The fraction of sp³-hybridized carbons (Fsp3) is 0.158. The van der Waals surface area contributed by atoms with E-state index in [1.165, 1.54) is 12.1 Å². The largest absolute Gasteiger partial charge is 0.341 e. The van der Waals surface area contributed by atoms with Crippen molar-refractivity contribution >= 4 is 22.8 Å². The van der Waals surface area contributed by atoms with E-state index >= 15 is 0 Å². The molecule has 5 rings (SSSR count). The van der Waals surface area contributed by atoms with Gasteiger partial charge in [-0.3, -0.25) is 14.5 Å². The fourth-order valence-electron chi connectivity index (χ4n) is 3.58.